The molecule has 0 radical (unpaired) electrons. The third-order valence-corrected chi connectivity index (χ3v) is 4.38. The Morgan fingerprint density at radius 1 is 0.947 bits per heavy atom. The molecule has 0 aliphatic heterocycles. The van der Waals surface area contributed by atoms with E-state index in [0.29, 0.717) is 5.75 Å². The van der Waals surface area contributed by atoms with Crippen LogP contribution in [-0.2, 0) is 31.1 Å². The van der Waals surface area contributed by atoms with Crippen molar-refractivity contribution < 1.29 is 31.0 Å². The molecule has 1 aromatic carbocycles. The Morgan fingerprint density at radius 3 is 1.68 bits per heavy atom. The second kappa shape index (κ2) is 6.85. The Morgan fingerprint density at radius 2 is 1.42 bits per heavy atom. The van der Waals surface area contributed by atoms with Gasteiger partial charge in [-0.05, 0) is 30.0 Å². The van der Waals surface area contributed by atoms with E-state index in [4.69, 9.17) is 9.11 Å². The van der Waals surface area contributed by atoms with Gasteiger partial charge in [-0.2, -0.15) is 16.8 Å². The fraction of sp³-hybridized carbons (Fsp3) is 0.400. The van der Waals surface area contributed by atoms with Crippen LogP contribution in [-0.4, -0.2) is 31.0 Å². The molecule has 9 heteroatoms. The molecule has 0 aliphatic rings. The summed E-state index contributed by atoms with van der Waals surface area (Å²) in [5.74, 6) is 0.437. The summed E-state index contributed by atoms with van der Waals surface area (Å²) in [7, 11) is -10.6. The van der Waals surface area contributed by atoms with Crippen molar-refractivity contribution in [1.29, 1.82) is 0 Å². The first-order chi connectivity index (χ1) is 8.54. The predicted molar refractivity (Wildman–Crippen MR) is 70.0 cm³/mol. The van der Waals surface area contributed by atoms with Gasteiger partial charge in [0.05, 0.1) is 0 Å². The minimum atomic E-state index is -5.31. The number of benzene rings is 1. The highest BCUT2D eigenvalue weighted by atomic mass is 33.2. The van der Waals surface area contributed by atoms with Gasteiger partial charge in [0.1, 0.15) is 5.75 Å². The van der Waals surface area contributed by atoms with Crippen LogP contribution in [0.15, 0.2) is 18.2 Å². The fourth-order valence-corrected chi connectivity index (χ4v) is 1.36. The molecule has 1 aromatic rings. The van der Waals surface area contributed by atoms with Crippen LogP contribution in [0.1, 0.15) is 25.0 Å². The van der Waals surface area contributed by atoms with Gasteiger partial charge >= 0.3 is 18.3 Å². The molecule has 7 nitrogen and oxygen atoms in total. The lowest BCUT2D eigenvalue weighted by Crippen LogP contribution is -2.11. The van der Waals surface area contributed by atoms with Gasteiger partial charge in [0.15, 0.2) is 0 Å². The molecule has 0 spiro atoms. The summed E-state index contributed by atoms with van der Waals surface area (Å²) in [6.07, 6.45) is 1.91. The van der Waals surface area contributed by atoms with E-state index in [9.17, 15) is 21.9 Å². The van der Waals surface area contributed by atoms with Gasteiger partial charge < -0.3 is 5.11 Å². The molecule has 0 atom stereocenters. The van der Waals surface area contributed by atoms with Crippen molar-refractivity contribution in [3.05, 3.63) is 29.3 Å². The van der Waals surface area contributed by atoms with Gasteiger partial charge in [0, 0.05) is 0 Å². The zero-order valence-corrected chi connectivity index (χ0v) is 12.1. The van der Waals surface area contributed by atoms with E-state index in [1.807, 2.05) is 6.07 Å². The monoisotopic (exact) mass is 312 g/mol. The van der Waals surface area contributed by atoms with E-state index < -0.39 is 18.3 Å². The Labute approximate surface area is 111 Å². The third-order valence-electron chi connectivity index (χ3n) is 2.25. The van der Waals surface area contributed by atoms with Gasteiger partial charge in [0.25, 0.3) is 0 Å². The molecule has 0 aliphatic carbocycles. The molecule has 0 aromatic heterocycles. The quantitative estimate of drug-likeness (QED) is 0.564. The molecule has 0 unspecified atom stereocenters. The Balaban J connectivity index is 0.000000362. The van der Waals surface area contributed by atoms with Crippen molar-refractivity contribution in [3.63, 3.8) is 0 Å². The summed E-state index contributed by atoms with van der Waals surface area (Å²) in [6.45, 7) is 4.17. The molecule has 1 rings (SSSR count). The number of rotatable bonds is 3. The molecule has 0 heterocycles. The summed E-state index contributed by atoms with van der Waals surface area (Å²) >= 11 is 0. The van der Waals surface area contributed by atoms with E-state index in [-0.39, 0.29) is 0 Å². The molecular weight excluding hydrogens is 296 g/mol. The molecule has 19 heavy (non-hydrogen) atoms. The summed E-state index contributed by atoms with van der Waals surface area (Å²) in [6, 6.07) is 5.71. The van der Waals surface area contributed by atoms with Gasteiger partial charge in [0.2, 0.25) is 0 Å². The summed E-state index contributed by atoms with van der Waals surface area (Å²) in [5, 5.41) is 9.42. The predicted octanol–water partition coefficient (Wildman–Crippen LogP) is 1.19. The number of aromatic hydroxyl groups is 1. The van der Waals surface area contributed by atoms with E-state index >= 15 is 0 Å². The summed E-state index contributed by atoms with van der Waals surface area (Å²) < 4.78 is 52.5. The normalized spacial score (nSPS) is 11.6. The van der Waals surface area contributed by atoms with Gasteiger partial charge in [-0.15, -0.1) is 0 Å². The van der Waals surface area contributed by atoms with E-state index in [0.717, 1.165) is 18.4 Å². The largest absolute Gasteiger partial charge is 0.508 e. The van der Waals surface area contributed by atoms with Crippen molar-refractivity contribution in [2.75, 3.05) is 0 Å². The Hall–Kier alpha value is -1.16. The number of hydrogen-bond donors (Lipinski definition) is 3. The number of aryl methyl sites for hydroxylation is 1. The molecular formula is C10H16O7S2. The topological polar surface area (TPSA) is 129 Å². The second-order valence-electron chi connectivity index (χ2n) is 3.48. The van der Waals surface area contributed by atoms with Gasteiger partial charge in [-0.25, -0.2) is 0 Å². The molecule has 0 fully saturated rings. The van der Waals surface area contributed by atoms with E-state index in [1.54, 1.807) is 6.07 Å². The highest BCUT2D eigenvalue weighted by Crippen LogP contribution is 2.21. The van der Waals surface area contributed by atoms with Crippen molar-refractivity contribution in [3.8, 4) is 5.75 Å². The lowest BCUT2D eigenvalue weighted by atomic mass is 10.0. The first-order valence-electron chi connectivity index (χ1n) is 5.29. The zero-order valence-electron chi connectivity index (χ0n) is 10.4. The Bertz CT molecular complexity index is 587. The number of phenolic OH excluding ortho intramolecular Hbond substituents is 1. The van der Waals surface area contributed by atoms with E-state index in [2.05, 4.69) is 19.9 Å². The van der Waals surface area contributed by atoms with Gasteiger partial charge in [-0.3, -0.25) is 9.11 Å². The average Bonchev–Trinajstić information content (AvgIpc) is 2.26. The average molecular weight is 312 g/mol. The van der Waals surface area contributed by atoms with Crippen LogP contribution in [0.3, 0.4) is 0 Å². The van der Waals surface area contributed by atoms with Crippen LogP contribution >= 0.6 is 0 Å². The van der Waals surface area contributed by atoms with Crippen molar-refractivity contribution in [2.45, 2.75) is 26.7 Å². The molecule has 0 saturated heterocycles. The maximum absolute atomic E-state index is 9.42. The second-order valence-corrected chi connectivity index (χ2v) is 7.72. The standard InChI is InChI=1S/C10H14O.H2O6S2/c1-3-8-6-5-7-10(11)9(8)4-2;1-7(2,3)8(4,5)6/h5-7,11H,3-4H2,1-2H3;(H,1,2,3)(H,4,5,6). The van der Waals surface area contributed by atoms with Crippen LogP contribution < -0.4 is 0 Å². The van der Waals surface area contributed by atoms with Crippen LogP contribution in [0.4, 0.5) is 0 Å². The minimum absolute atomic E-state index is 0.437. The summed E-state index contributed by atoms with van der Waals surface area (Å²) in [4.78, 5) is 0. The van der Waals surface area contributed by atoms with Crippen LogP contribution in [0.2, 0.25) is 0 Å². The maximum Gasteiger partial charge on any atom is 0.397 e. The third kappa shape index (κ3) is 5.55. The first kappa shape index (κ1) is 17.8. The zero-order chi connectivity index (χ0) is 15.3. The van der Waals surface area contributed by atoms with E-state index in [1.165, 1.54) is 5.56 Å². The number of phenols is 1. The van der Waals surface area contributed by atoms with Crippen LogP contribution in [0.25, 0.3) is 0 Å². The minimum Gasteiger partial charge on any atom is -0.508 e. The smallest absolute Gasteiger partial charge is 0.397 e. The highest BCUT2D eigenvalue weighted by Gasteiger charge is 2.22. The molecule has 110 valence electrons. The van der Waals surface area contributed by atoms with Crippen LogP contribution in [0.5, 0.6) is 5.75 Å². The molecule has 0 amide bonds. The van der Waals surface area contributed by atoms with Crippen molar-refractivity contribution in [2.24, 2.45) is 0 Å². The molecule has 0 bridgehead atoms. The SMILES string of the molecule is CCc1cccc(O)c1CC.O=S(=O)(O)S(=O)(=O)O. The summed E-state index contributed by atoms with van der Waals surface area (Å²) in [5.41, 5.74) is 2.35. The lowest BCUT2D eigenvalue weighted by molar-refractivity contribution is 0.460. The van der Waals surface area contributed by atoms with Crippen molar-refractivity contribution >= 4 is 18.3 Å². The lowest BCUT2D eigenvalue weighted by Gasteiger charge is -2.06. The highest BCUT2D eigenvalue weighted by molar-refractivity contribution is 8.62. The maximum atomic E-state index is 9.42. The molecule has 3 N–H and O–H groups in total. The Kier molecular flexibility index (Phi) is 6.43. The van der Waals surface area contributed by atoms with Crippen LogP contribution in [0, 0.1) is 0 Å². The molecule has 0 saturated carbocycles. The van der Waals surface area contributed by atoms with Crippen molar-refractivity contribution in [1.82, 2.24) is 0 Å². The fourth-order valence-electron chi connectivity index (χ4n) is 1.36. The number of hydrogen-bond acceptors (Lipinski definition) is 5. The van der Waals surface area contributed by atoms with Gasteiger partial charge in [-0.1, -0.05) is 26.0 Å². The first-order valence-corrected chi connectivity index (χ1v) is 8.68.